The summed E-state index contributed by atoms with van der Waals surface area (Å²) in [6.07, 6.45) is 1.90. The van der Waals surface area contributed by atoms with Gasteiger partial charge in [0.2, 0.25) is 5.91 Å². The van der Waals surface area contributed by atoms with Gasteiger partial charge >= 0.3 is 0 Å². The zero-order chi connectivity index (χ0) is 15.2. The topological polar surface area (TPSA) is 86.9 Å². The van der Waals surface area contributed by atoms with Crippen LogP contribution in [0.3, 0.4) is 0 Å². The second-order valence-corrected chi connectivity index (χ2v) is 6.65. The molecule has 2 N–H and O–H groups in total. The Kier molecular flexibility index (Phi) is 6.87. The summed E-state index contributed by atoms with van der Waals surface area (Å²) in [6.45, 7) is 7.84. The SMILES string of the molecule is CCCN(CCC)C(=O)CN1CCN(S(N)(=O)=O)CC1. The number of nitrogens with two attached hydrogens (primary N) is 1. The van der Waals surface area contributed by atoms with Crippen LogP contribution in [0.25, 0.3) is 0 Å². The molecule has 0 spiro atoms. The second kappa shape index (κ2) is 7.92. The number of amides is 1. The van der Waals surface area contributed by atoms with E-state index in [1.165, 1.54) is 4.31 Å². The molecule has 0 aliphatic carbocycles. The van der Waals surface area contributed by atoms with Gasteiger partial charge in [0.05, 0.1) is 6.54 Å². The van der Waals surface area contributed by atoms with Crippen molar-refractivity contribution in [1.29, 1.82) is 0 Å². The van der Waals surface area contributed by atoms with Gasteiger partial charge in [-0.15, -0.1) is 0 Å². The van der Waals surface area contributed by atoms with Crippen LogP contribution in [0, 0.1) is 0 Å². The van der Waals surface area contributed by atoms with E-state index in [0.29, 0.717) is 32.7 Å². The number of hydrogen-bond acceptors (Lipinski definition) is 4. The van der Waals surface area contributed by atoms with Crippen molar-refractivity contribution in [3.05, 3.63) is 0 Å². The van der Waals surface area contributed by atoms with Crippen LogP contribution >= 0.6 is 0 Å². The molecule has 1 rings (SSSR count). The summed E-state index contributed by atoms with van der Waals surface area (Å²) in [5.74, 6) is 0.123. The van der Waals surface area contributed by atoms with Crippen molar-refractivity contribution in [1.82, 2.24) is 14.1 Å². The number of nitrogens with zero attached hydrogens (tertiary/aromatic N) is 3. The Hall–Kier alpha value is -0.700. The van der Waals surface area contributed by atoms with Gasteiger partial charge in [-0.05, 0) is 12.8 Å². The fourth-order valence-corrected chi connectivity index (χ4v) is 3.01. The van der Waals surface area contributed by atoms with E-state index in [1.54, 1.807) is 0 Å². The Labute approximate surface area is 121 Å². The van der Waals surface area contributed by atoms with Gasteiger partial charge in [-0.3, -0.25) is 9.69 Å². The Balaban J connectivity index is 2.44. The first-order valence-corrected chi connectivity index (χ1v) is 8.66. The van der Waals surface area contributed by atoms with Crippen molar-refractivity contribution >= 4 is 16.1 Å². The molecule has 0 atom stereocenters. The van der Waals surface area contributed by atoms with Gasteiger partial charge in [0.1, 0.15) is 0 Å². The van der Waals surface area contributed by atoms with Crippen LogP contribution in [0.1, 0.15) is 26.7 Å². The highest BCUT2D eigenvalue weighted by Gasteiger charge is 2.25. The van der Waals surface area contributed by atoms with Crippen LogP contribution in [0.5, 0.6) is 0 Å². The quantitative estimate of drug-likeness (QED) is 0.684. The van der Waals surface area contributed by atoms with E-state index in [-0.39, 0.29) is 5.91 Å². The molecule has 1 fully saturated rings. The predicted molar refractivity (Wildman–Crippen MR) is 78.3 cm³/mol. The van der Waals surface area contributed by atoms with Crippen molar-refractivity contribution in [3.63, 3.8) is 0 Å². The van der Waals surface area contributed by atoms with Crippen LogP contribution in [-0.2, 0) is 15.0 Å². The van der Waals surface area contributed by atoms with Crippen molar-refractivity contribution in [3.8, 4) is 0 Å². The first-order valence-electron chi connectivity index (χ1n) is 7.16. The smallest absolute Gasteiger partial charge is 0.276 e. The van der Waals surface area contributed by atoms with Crippen LogP contribution in [-0.4, -0.2) is 74.2 Å². The number of hydrogen-bond donors (Lipinski definition) is 1. The Morgan fingerprint density at radius 1 is 1.10 bits per heavy atom. The molecule has 0 aromatic heterocycles. The average Bonchev–Trinajstić information content (AvgIpc) is 2.38. The lowest BCUT2D eigenvalue weighted by molar-refractivity contribution is -0.132. The lowest BCUT2D eigenvalue weighted by atomic mass is 10.3. The number of carbonyl (C=O) groups is 1. The highest BCUT2D eigenvalue weighted by Crippen LogP contribution is 2.05. The fraction of sp³-hybridized carbons (Fsp3) is 0.917. The van der Waals surface area contributed by atoms with Crippen molar-refractivity contribution in [2.45, 2.75) is 26.7 Å². The summed E-state index contributed by atoms with van der Waals surface area (Å²) in [5.41, 5.74) is 0. The number of piperazine rings is 1. The molecule has 7 nitrogen and oxygen atoms in total. The Morgan fingerprint density at radius 2 is 1.60 bits per heavy atom. The molecule has 0 aromatic rings. The molecule has 0 radical (unpaired) electrons. The molecule has 1 amide bonds. The van der Waals surface area contributed by atoms with Crippen molar-refractivity contribution in [2.24, 2.45) is 5.14 Å². The van der Waals surface area contributed by atoms with Gasteiger partial charge in [0.25, 0.3) is 10.2 Å². The molecule has 1 heterocycles. The maximum absolute atomic E-state index is 12.2. The molecule has 1 saturated heterocycles. The van der Waals surface area contributed by atoms with E-state index < -0.39 is 10.2 Å². The molecule has 0 saturated carbocycles. The summed E-state index contributed by atoms with van der Waals surface area (Å²) in [6, 6.07) is 0. The van der Waals surface area contributed by atoms with Gasteiger partial charge in [0, 0.05) is 39.3 Å². The van der Waals surface area contributed by atoms with Crippen LogP contribution in [0.4, 0.5) is 0 Å². The first-order chi connectivity index (χ1) is 9.38. The molecule has 8 heteroatoms. The molecular formula is C12H26N4O3S. The summed E-state index contributed by atoms with van der Waals surface area (Å²) < 4.78 is 23.7. The van der Waals surface area contributed by atoms with E-state index in [4.69, 9.17) is 5.14 Å². The van der Waals surface area contributed by atoms with Gasteiger partial charge in [-0.2, -0.15) is 12.7 Å². The maximum atomic E-state index is 12.2. The summed E-state index contributed by atoms with van der Waals surface area (Å²) in [5, 5.41) is 5.09. The lowest BCUT2D eigenvalue weighted by Crippen LogP contribution is -2.53. The number of rotatable bonds is 7. The molecule has 0 aromatic carbocycles. The molecule has 20 heavy (non-hydrogen) atoms. The Bertz CT molecular complexity index is 399. The third-order valence-corrected chi connectivity index (χ3v) is 4.47. The zero-order valence-electron chi connectivity index (χ0n) is 12.4. The van der Waals surface area contributed by atoms with Gasteiger partial charge < -0.3 is 4.90 Å². The standard InChI is InChI=1S/C12H26N4O3S/c1-3-5-15(6-4-2)12(17)11-14-7-9-16(10-8-14)20(13,18)19/h3-11H2,1-2H3,(H2,13,18,19). The monoisotopic (exact) mass is 306 g/mol. The largest absolute Gasteiger partial charge is 0.342 e. The molecule has 1 aliphatic rings. The Morgan fingerprint density at radius 3 is 2.00 bits per heavy atom. The van der Waals surface area contributed by atoms with Crippen molar-refractivity contribution in [2.75, 3.05) is 45.8 Å². The van der Waals surface area contributed by atoms with Gasteiger partial charge in [0.15, 0.2) is 0 Å². The molecule has 0 bridgehead atoms. The van der Waals surface area contributed by atoms with Gasteiger partial charge in [-0.25, -0.2) is 5.14 Å². The molecule has 118 valence electrons. The van der Waals surface area contributed by atoms with Crippen LogP contribution in [0.2, 0.25) is 0 Å². The molecule has 1 aliphatic heterocycles. The summed E-state index contributed by atoms with van der Waals surface area (Å²) in [7, 11) is -3.60. The van der Waals surface area contributed by atoms with E-state index in [1.807, 2.05) is 9.80 Å². The minimum absolute atomic E-state index is 0.123. The minimum atomic E-state index is -3.60. The van der Waals surface area contributed by atoms with Gasteiger partial charge in [-0.1, -0.05) is 13.8 Å². The zero-order valence-corrected chi connectivity index (χ0v) is 13.2. The van der Waals surface area contributed by atoms with E-state index >= 15 is 0 Å². The fourth-order valence-electron chi connectivity index (χ4n) is 2.33. The first kappa shape index (κ1) is 17.4. The highest BCUT2D eigenvalue weighted by molar-refractivity contribution is 7.86. The van der Waals surface area contributed by atoms with E-state index in [0.717, 1.165) is 25.9 Å². The van der Waals surface area contributed by atoms with E-state index in [9.17, 15) is 13.2 Å². The number of carbonyl (C=O) groups excluding carboxylic acids is 1. The third-order valence-electron chi connectivity index (χ3n) is 3.39. The molecular weight excluding hydrogens is 280 g/mol. The van der Waals surface area contributed by atoms with Crippen LogP contribution < -0.4 is 5.14 Å². The molecule has 0 unspecified atom stereocenters. The maximum Gasteiger partial charge on any atom is 0.276 e. The summed E-state index contributed by atoms with van der Waals surface area (Å²) in [4.78, 5) is 16.1. The normalized spacial score (nSPS) is 18.1. The average molecular weight is 306 g/mol. The minimum Gasteiger partial charge on any atom is -0.342 e. The third kappa shape index (κ3) is 5.35. The summed E-state index contributed by atoms with van der Waals surface area (Å²) >= 11 is 0. The lowest BCUT2D eigenvalue weighted by Gasteiger charge is -2.33. The van der Waals surface area contributed by atoms with E-state index in [2.05, 4.69) is 13.8 Å². The second-order valence-electron chi connectivity index (χ2n) is 5.10. The predicted octanol–water partition coefficient (Wildman–Crippen LogP) is -0.544. The van der Waals surface area contributed by atoms with Crippen LogP contribution in [0.15, 0.2) is 0 Å². The highest BCUT2D eigenvalue weighted by atomic mass is 32.2. The van der Waals surface area contributed by atoms with Crippen molar-refractivity contribution < 1.29 is 13.2 Å².